The third-order valence-electron chi connectivity index (χ3n) is 10.3. The van der Waals surface area contributed by atoms with Gasteiger partial charge in [0.15, 0.2) is 0 Å². The van der Waals surface area contributed by atoms with Crippen molar-refractivity contribution >= 4 is 12.2 Å². The van der Waals surface area contributed by atoms with Crippen LogP contribution < -0.4 is 16.4 Å². The number of aliphatic carboxylic acids is 1. The number of fused-ring (bicyclic) bond motifs is 1. The SMILES string of the molecule is CC1C(O)CC(N2CC=NC2)C2CC(CCCCCCCC(O)(CNC3(C)CCNC(N)C3)CC(=O)O)CCN12. The minimum absolute atomic E-state index is 0.0772. The Morgan fingerprint density at radius 1 is 1.23 bits per heavy atom. The van der Waals surface area contributed by atoms with Gasteiger partial charge in [0.25, 0.3) is 0 Å². The summed E-state index contributed by atoms with van der Waals surface area (Å²) in [5, 5.41) is 38.0. The lowest BCUT2D eigenvalue weighted by atomic mass is 9.77. The predicted molar refractivity (Wildman–Crippen MR) is 158 cm³/mol. The van der Waals surface area contributed by atoms with E-state index in [0.717, 1.165) is 70.7 Å². The highest BCUT2D eigenvalue weighted by atomic mass is 16.4. The van der Waals surface area contributed by atoms with Crippen molar-refractivity contribution in [3.8, 4) is 0 Å². The summed E-state index contributed by atoms with van der Waals surface area (Å²) in [4.78, 5) is 20.9. The number of carbonyl (C=O) groups is 1. The maximum atomic E-state index is 11.5. The maximum absolute atomic E-state index is 11.5. The number of carboxylic acids is 1. The fourth-order valence-electron chi connectivity index (χ4n) is 7.75. The van der Waals surface area contributed by atoms with Crippen molar-refractivity contribution in [1.29, 1.82) is 0 Å². The molecule has 40 heavy (non-hydrogen) atoms. The van der Waals surface area contributed by atoms with Crippen LogP contribution in [0.25, 0.3) is 0 Å². The molecule has 8 unspecified atom stereocenters. The number of piperidine rings is 3. The molecular weight excluding hydrogens is 508 g/mol. The van der Waals surface area contributed by atoms with E-state index in [9.17, 15) is 20.1 Å². The number of aliphatic hydroxyl groups is 2. The lowest BCUT2D eigenvalue weighted by molar-refractivity contribution is -0.143. The van der Waals surface area contributed by atoms with Gasteiger partial charge in [0.05, 0.1) is 31.0 Å². The van der Waals surface area contributed by atoms with Crippen LogP contribution in [-0.2, 0) is 4.79 Å². The van der Waals surface area contributed by atoms with E-state index in [4.69, 9.17) is 5.73 Å². The second-order valence-electron chi connectivity index (χ2n) is 13.6. The van der Waals surface area contributed by atoms with E-state index in [1.54, 1.807) is 0 Å². The number of hydrogen-bond acceptors (Lipinski definition) is 9. The summed E-state index contributed by atoms with van der Waals surface area (Å²) < 4.78 is 0. The predicted octanol–water partition coefficient (Wildman–Crippen LogP) is 1.89. The monoisotopic (exact) mass is 564 g/mol. The van der Waals surface area contributed by atoms with Crippen LogP contribution in [0.2, 0.25) is 0 Å². The van der Waals surface area contributed by atoms with Gasteiger partial charge in [-0.2, -0.15) is 0 Å². The Labute approximate surface area is 241 Å². The second-order valence-corrected chi connectivity index (χ2v) is 13.6. The molecular formula is C30H56N6O4. The summed E-state index contributed by atoms with van der Waals surface area (Å²) in [6.07, 6.45) is 13.5. The number of unbranched alkanes of at least 4 members (excludes halogenated alkanes) is 4. The third-order valence-corrected chi connectivity index (χ3v) is 10.3. The molecule has 0 spiro atoms. The molecule has 0 aliphatic carbocycles. The molecule has 3 saturated heterocycles. The van der Waals surface area contributed by atoms with Crippen LogP contribution in [0.15, 0.2) is 4.99 Å². The molecule has 0 aromatic heterocycles. The molecule has 4 aliphatic rings. The Hall–Kier alpha value is -1.14. The van der Waals surface area contributed by atoms with Crippen LogP contribution >= 0.6 is 0 Å². The zero-order chi connectivity index (χ0) is 28.8. The van der Waals surface area contributed by atoms with Crippen molar-refractivity contribution in [2.75, 3.05) is 32.8 Å². The number of aliphatic hydroxyl groups excluding tert-OH is 1. The minimum atomic E-state index is -1.24. The van der Waals surface area contributed by atoms with Gasteiger partial charge in [-0.1, -0.05) is 38.5 Å². The zero-order valence-corrected chi connectivity index (χ0v) is 24.9. The van der Waals surface area contributed by atoms with Crippen LogP contribution in [0, 0.1) is 5.92 Å². The van der Waals surface area contributed by atoms with E-state index in [1.165, 1.54) is 32.1 Å². The number of rotatable bonds is 14. The van der Waals surface area contributed by atoms with Gasteiger partial charge in [0, 0.05) is 43.0 Å². The first kappa shape index (κ1) is 31.8. The normalized spacial score (nSPS) is 36.8. The molecule has 0 saturated carbocycles. The van der Waals surface area contributed by atoms with Crippen molar-refractivity contribution in [1.82, 2.24) is 20.4 Å². The van der Waals surface area contributed by atoms with E-state index >= 15 is 0 Å². The van der Waals surface area contributed by atoms with Crippen LogP contribution in [0.1, 0.15) is 97.3 Å². The van der Waals surface area contributed by atoms with Gasteiger partial charge >= 0.3 is 5.97 Å². The first-order valence-electron chi connectivity index (χ1n) is 15.9. The molecule has 0 radical (unpaired) electrons. The molecule has 10 nitrogen and oxygen atoms in total. The number of nitrogens with two attached hydrogens (primary N) is 1. The van der Waals surface area contributed by atoms with E-state index in [-0.39, 0.29) is 36.8 Å². The average molecular weight is 565 g/mol. The highest BCUT2D eigenvalue weighted by Gasteiger charge is 2.45. The molecule has 4 heterocycles. The van der Waals surface area contributed by atoms with Crippen molar-refractivity contribution < 1.29 is 20.1 Å². The second kappa shape index (κ2) is 14.4. The number of aliphatic imine (C=N–C) groups is 1. The summed E-state index contributed by atoms with van der Waals surface area (Å²) >= 11 is 0. The lowest BCUT2D eigenvalue weighted by Gasteiger charge is -2.53. The van der Waals surface area contributed by atoms with Crippen LogP contribution in [-0.4, -0.2) is 112 Å². The van der Waals surface area contributed by atoms with Crippen molar-refractivity contribution in [3.05, 3.63) is 0 Å². The fourth-order valence-corrected chi connectivity index (χ4v) is 7.75. The minimum Gasteiger partial charge on any atom is -0.481 e. The van der Waals surface area contributed by atoms with Crippen LogP contribution in [0.4, 0.5) is 0 Å². The third kappa shape index (κ3) is 8.69. The number of β-amino-alcohol motifs (C(OH)–C–C–N with tert-alkyl or cyclic N) is 1. The summed E-state index contributed by atoms with van der Waals surface area (Å²) in [5.74, 6) is -0.213. The van der Waals surface area contributed by atoms with E-state index < -0.39 is 11.6 Å². The largest absolute Gasteiger partial charge is 0.481 e. The van der Waals surface area contributed by atoms with E-state index in [1.807, 2.05) is 6.21 Å². The standard InChI is InChI=1S/C30H56N6O4/c1-22-26(37)17-24(35-15-13-32-21-35)25-16-23(9-14-36(22)25)8-6-4-3-5-7-10-30(40,19-28(38)39)20-34-29(2)11-12-33-27(31)18-29/h13,22-27,33-34,37,40H,3-12,14-21,31H2,1-2H3,(H,38,39). The van der Waals surface area contributed by atoms with E-state index in [2.05, 4.69) is 39.3 Å². The fraction of sp³-hybridized carbons (Fsp3) is 0.933. The molecule has 0 bridgehead atoms. The lowest BCUT2D eigenvalue weighted by Crippen LogP contribution is -2.64. The van der Waals surface area contributed by atoms with Crippen LogP contribution in [0.5, 0.6) is 0 Å². The Kier molecular flexibility index (Phi) is 11.4. The molecule has 7 N–H and O–H groups in total. The number of carboxylic acid groups (broad SMARTS) is 1. The molecule has 0 aromatic carbocycles. The Morgan fingerprint density at radius 2 is 2.00 bits per heavy atom. The van der Waals surface area contributed by atoms with Crippen molar-refractivity contribution in [3.63, 3.8) is 0 Å². The first-order valence-corrected chi connectivity index (χ1v) is 15.9. The van der Waals surface area contributed by atoms with E-state index in [0.29, 0.717) is 18.5 Å². The van der Waals surface area contributed by atoms with Gasteiger partial charge in [-0.3, -0.25) is 19.6 Å². The summed E-state index contributed by atoms with van der Waals surface area (Å²) in [6.45, 7) is 8.15. The van der Waals surface area contributed by atoms with Crippen molar-refractivity contribution in [2.24, 2.45) is 16.6 Å². The van der Waals surface area contributed by atoms with Gasteiger partial charge in [0.1, 0.15) is 0 Å². The summed E-state index contributed by atoms with van der Waals surface area (Å²) in [7, 11) is 0. The molecule has 0 amide bonds. The van der Waals surface area contributed by atoms with Gasteiger partial charge < -0.3 is 31.7 Å². The Bertz CT molecular complexity index is 839. The van der Waals surface area contributed by atoms with Crippen LogP contribution in [0.3, 0.4) is 0 Å². The Morgan fingerprint density at radius 3 is 2.73 bits per heavy atom. The average Bonchev–Trinajstić information content (AvgIpc) is 3.43. The van der Waals surface area contributed by atoms with Crippen molar-refractivity contribution in [2.45, 2.75) is 139 Å². The number of hydrogen-bond donors (Lipinski definition) is 6. The highest BCUT2D eigenvalue weighted by Crippen LogP contribution is 2.37. The quantitative estimate of drug-likeness (QED) is 0.174. The molecule has 230 valence electrons. The molecule has 10 heteroatoms. The maximum Gasteiger partial charge on any atom is 0.306 e. The summed E-state index contributed by atoms with van der Waals surface area (Å²) in [5.41, 5.74) is 4.64. The first-order chi connectivity index (χ1) is 19.1. The molecule has 3 fully saturated rings. The topological polar surface area (TPSA) is 147 Å². The van der Waals surface area contributed by atoms with Gasteiger partial charge in [-0.05, 0) is 71.4 Å². The van der Waals surface area contributed by atoms with Gasteiger partial charge in [-0.25, -0.2) is 0 Å². The highest BCUT2D eigenvalue weighted by molar-refractivity contribution is 5.68. The molecule has 4 aliphatic heterocycles. The van der Waals surface area contributed by atoms with Gasteiger partial charge in [0.2, 0.25) is 0 Å². The smallest absolute Gasteiger partial charge is 0.306 e. The molecule has 8 atom stereocenters. The molecule has 4 rings (SSSR count). The molecule has 0 aromatic rings. The zero-order valence-electron chi connectivity index (χ0n) is 24.9. The summed E-state index contributed by atoms with van der Waals surface area (Å²) in [6, 6.07) is 1.15. The number of nitrogens with zero attached hydrogens (tertiary/aromatic N) is 3. The number of nitrogens with one attached hydrogen (secondary N) is 2. The Balaban J connectivity index is 1.15. The van der Waals surface area contributed by atoms with Gasteiger partial charge in [-0.15, -0.1) is 0 Å².